The summed E-state index contributed by atoms with van der Waals surface area (Å²) in [5.74, 6) is 0.472. The Morgan fingerprint density at radius 2 is 2.21 bits per heavy atom. The molecule has 0 amide bonds. The monoisotopic (exact) mass is 197 g/mol. The molecule has 1 aromatic carbocycles. The second kappa shape index (κ2) is 4.96. The smallest absolute Gasteiger partial charge is 0.123 e. The molecule has 1 unspecified atom stereocenters. The molecule has 0 spiro atoms. The summed E-state index contributed by atoms with van der Waals surface area (Å²) < 4.78 is 18.4. The Morgan fingerprint density at radius 1 is 1.50 bits per heavy atom. The van der Waals surface area contributed by atoms with Crippen molar-refractivity contribution in [2.45, 2.75) is 26.4 Å². The summed E-state index contributed by atoms with van der Waals surface area (Å²) in [5, 5.41) is 0. The van der Waals surface area contributed by atoms with Gasteiger partial charge in [-0.15, -0.1) is 0 Å². The molecule has 0 aliphatic rings. The summed E-state index contributed by atoms with van der Waals surface area (Å²) >= 11 is 0. The van der Waals surface area contributed by atoms with E-state index in [2.05, 4.69) is 0 Å². The van der Waals surface area contributed by atoms with Crippen LogP contribution in [0.25, 0.3) is 0 Å². The molecule has 0 aromatic heterocycles. The Kier molecular flexibility index (Phi) is 3.89. The fourth-order valence-electron chi connectivity index (χ4n) is 1.22. The highest BCUT2D eigenvalue weighted by molar-refractivity contribution is 5.32. The molecule has 2 nitrogen and oxygen atoms in total. The molecule has 2 N–H and O–H groups in total. The van der Waals surface area contributed by atoms with Gasteiger partial charge in [-0.25, -0.2) is 4.39 Å². The van der Waals surface area contributed by atoms with Crippen LogP contribution in [0.1, 0.15) is 18.9 Å². The Hall–Kier alpha value is -1.09. The number of ether oxygens (including phenoxy) is 1. The molecule has 0 bridgehead atoms. The first-order valence-electron chi connectivity index (χ1n) is 4.80. The highest BCUT2D eigenvalue weighted by atomic mass is 19.1. The molecule has 1 rings (SSSR count). The third-order valence-corrected chi connectivity index (χ3v) is 2.15. The normalized spacial score (nSPS) is 12.6. The number of nitrogens with two attached hydrogens (primary N) is 1. The van der Waals surface area contributed by atoms with E-state index >= 15 is 0 Å². The van der Waals surface area contributed by atoms with Crippen LogP contribution in [-0.2, 0) is 0 Å². The van der Waals surface area contributed by atoms with Crippen LogP contribution in [0.5, 0.6) is 5.75 Å². The Morgan fingerprint density at radius 3 is 2.71 bits per heavy atom. The highest BCUT2D eigenvalue weighted by Crippen LogP contribution is 2.20. The van der Waals surface area contributed by atoms with E-state index in [0.29, 0.717) is 12.3 Å². The van der Waals surface area contributed by atoms with Crippen molar-refractivity contribution in [3.63, 3.8) is 0 Å². The standard InChI is InChI=1S/C11H16FNO/c1-3-10(7-13)14-11-5-4-9(12)6-8(11)2/h4-6,10H,3,7,13H2,1-2H3. The van der Waals surface area contributed by atoms with Gasteiger partial charge in [0.1, 0.15) is 17.7 Å². The zero-order valence-electron chi connectivity index (χ0n) is 8.59. The van der Waals surface area contributed by atoms with E-state index in [9.17, 15) is 4.39 Å². The molecule has 0 fully saturated rings. The van der Waals surface area contributed by atoms with Gasteiger partial charge >= 0.3 is 0 Å². The number of aryl methyl sites for hydroxylation is 1. The molecule has 1 aromatic rings. The van der Waals surface area contributed by atoms with Gasteiger partial charge in [-0.1, -0.05) is 6.92 Å². The quantitative estimate of drug-likeness (QED) is 0.803. The first kappa shape index (κ1) is 11.0. The maximum absolute atomic E-state index is 12.8. The molecule has 0 saturated carbocycles. The molecule has 0 aliphatic heterocycles. The van der Waals surface area contributed by atoms with Crippen molar-refractivity contribution in [3.8, 4) is 5.75 Å². The van der Waals surface area contributed by atoms with Crippen LogP contribution >= 0.6 is 0 Å². The highest BCUT2D eigenvalue weighted by Gasteiger charge is 2.07. The molecule has 0 heterocycles. The minimum absolute atomic E-state index is 0.0131. The third-order valence-electron chi connectivity index (χ3n) is 2.15. The van der Waals surface area contributed by atoms with E-state index in [0.717, 1.165) is 12.0 Å². The number of hydrogen-bond acceptors (Lipinski definition) is 2. The van der Waals surface area contributed by atoms with Crippen LogP contribution in [0.3, 0.4) is 0 Å². The van der Waals surface area contributed by atoms with Gasteiger partial charge in [-0.3, -0.25) is 0 Å². The van der Waals surface area contributed by atoms with Crippen LogP contribution in [0.2, 0.25) is 0 Å². The third kappa shape index (κ3) is 2.70. The fraction of sp³-hybridized carbons (Fsp3) is 0.455. The number of benzene rings is 1. The zero-order valence-corrected chi connectivity index (χ0v) is 8.59. The minimum atomic E-state index is -0.240. The van der Waals surface area contributed by atoms with Crippen LogP contribution in [-0.4, -0.2) is 12.6 Å². The van der Waals surface area contributed by atoms with Gasteiger partial charge in [-0.2, -0.15) is 0 Å². The van der Waals surface area contributed by atoms with E-state index < -0.39 is 0 Å². The first-order valence-corrected chi connectivity index (χ1v) is 4.80. The van der Waals surface area contributed by atoms with Crippen LogP contribution in [0.4, 0.5) is 4.39 Å². The van der Waals surface area contributed by atoms with E-state index in [-0.39, 0.29) is 11.9 Å². The lowest BCUT2D eigenvalue weighted by molar-refractivity contribution is 0.203. The summed E-state index contributed by atoms with van der Waals surface area (Å²) in [7, 11) is 0. The van der Waals surface area contributed by atoms with E-state index in [1.54, 1.807) is 6.07 Å². The van der Waals surface area contributed by atoms with Crippen molar-refractivity contribution in [3.05, 3.63) is 29.6 Å². The Balaban J connectivity index is 2.76. The van der Waals surface area contributed by atoms with Crippen molar-refractivity contribution in [1.82, 2.24) is 0 Å². The number of halogens is 1. The topological polar surface area (TPSA) is 35.2 Å². The first-order chi connectivity index (χ1) is 6.67. The second-order valence-electron chi connectivity index (χ2n) is 3.29. The van der Waals surface area contributed by atoms with E-state index in [1.807, 2.05) is 13.8 Å². The lowest BCUT2D eigenvalue weighted by Gasteiger charge is -2.16. The zero-order chi connectivity index (χ0) is 10.6. The predicted molar refractivity (Wildman–Crippen MR) is 54.9 cm³/mol. The van der Waals surface area contributed by atoms with Gasteiger partial charge in [0.25, 0.3) is 0 Å². The van der Waals surface area contributed by atoms with Crippen molar-refractivity contribution in [1.29, 1.82) is 0 Å². The maximum atomic E-state index is 12.8. The summed E-state index contributed by atoms with van der Waals surface area (Å²) in [4.78, 5) is 0. The lowest BCUT2D eigenvalue weighted by Crippen LogP contribution is -2.25. The Bertz CT molecular complexity index is 297. The van der Waals surface area contributed by atoms with Crippen LogP contribution in [0.15, 0.2) is 18.2 Å². The summed E-state index contributed by atoms with van der Waals surface area (Å²) in [6.45, 7) is 4.31. The van der Waals surface area contributed by atoms with Crippen molar-refractivity contribution < 1.29 is 9.13 Å². The fourth-order valence-corrected chi connectivity index (χ4v) is 1.22. The predicted octanol–water partition coefficient (Wildman–Crippen LogP) is 2.25. The van der Waals surface area contributed by atoms with Crippen LogP contribution in [0, 0.1) is 12.7 Å². The van der Waals surface area contributed by atoms with Gasteiger partial charge in [0, 0.05) is 6.54 Å². The molecule has 78 valence electrons. The molecule has 3 heteroatoms. The molecule has 14 heavy (non-hydrogen) atoms. The average Bonchev–Trinajstić information content (AvgIpc) is 2.17. The Labute approximate surface area is 83.9 Å². The van der Waals surface area contributed by atoms with Gasteiger partial charge in [-0.05, 0) is 37.1 Å². The summed E-state index contributed by atoms with van der Waals surface area (Å²) in [6, 6.07) is 4.49. The number of rotatable bonds is 4. The second-order valence-corrected chi connectivity index (χ2v) is 3.29. The summed E-state index contributed by atoms with van der Waals surface area (Å²) in [5.41, 5.74) is 6.31. The SMILES string of the molecule is CCC(CN)Oc1ccc(F)cc1C. The van der Waals surface area contributed by atoms with Gasteiger partial charge in [0.2, 0.25) is 0 Å². The molecular weight excluding hydrogens is 181 g/mol. The van der Waals surface area contributed by atoms with Crippen LogP contribution < -0.4 is 10.5 Å². The van der Waals surface area contributed by atoms with E-state index in [1.165, 1.54) is 12.1 Å². The lowest BCUT2D eigenvalue weighted by atomic mass is 10.2. The molecule has 0 aliphatic carbocycles. The van der Waals surface area contributed by atoms with Crippen molar-refractivity contribution in [2.75, 3.05) is 6.54 Å². The number of hydrogen-bond donors (Lipinski definition) is 1. The molecular formula is C11H16FNO. The van der Waals surface area contributed by atoms with Gasteiger partial charge in [0.15, 0.2) is 0 Å². The van der Waals surface area contributed by atoms with E-state index in [4.69, 9.17) is 10.5 Å². The average molecular weight is 197 g/mol. The van der Waals surface area contributed by atoms with Crippen molar-refractivity contribution >= 4 is 0 Å². The van der Waals surface area contributed by atoms with Gasteiger partial charge < -0.3 is 10.5 Å². The molecule has 0 saturated heterocycles. The van der Waals surface area contributed by atoms with Gasteiger partial charge in [0.05, 0.1) is 0 Å². The summed E-state index contributed by atoms with van der Waals surface area (Å²) in [6.07, 6.45) is 0.868. The maximum Gasteiger partial charge on any atom is 0.123 e. The minimum Gasteiger partial charge on any atom is -0.489 e. The van der Waals surface area contributed by atoms with Crippen molar-refractivity contribution in [2.24, 2.45) is 5.73 Å². The molecule has 0 radical (unpaired) electrons. The molecule has 1 atom stereocenters. The largest absolute Gasteiger partial charge is 0.489 e.